The Morgan fingerprint density at radius 3 is 2.47 bits per heavy atom. The zero-order valence-corrected chi connectivity index (χ0v) is 10.1. The smallest absolute Gasteiger partial charge is 0.263 e. The Labute approximate surface area is 107 Å². The summed E-state index contributed by atoms with van der Waals surface area (Å²) < 4.78 is 0.424. The van der Waals surface area contributed by atoms with Gasteiger partial charge in [0.1, 0.15) is 4.32 Å². The van der Waals surface area contributed by atoms with Crippen LogP contribution >= 0.6 is 24.0 Å². The van der Waals surface area contributed by atoms with Crippen LogP contribution in [0.15, 0.2) is 29.2 Å². The Balaban J connectivity index is 2.24. The average Bonchev–Trinajstić information content (AvgIpc) is 2.58. The maximum absolute atomic E-state index is 11.4. The van der Waals surface area contributed by atoms with Crippen LogP contribution in [0.3, 0.4) is 0 Å². The number of thiocarbonyl (C=S) groups is 1. The number of hydrogen-bond acceptors (Lipinski definition) is 5. The molecule has 1 amide bonds. The highest BCUT2D eigenvalue weighted by molar-refractivity contribution is 8.26. The van der Waals surface area contributed by atoms with Crippen LogP contribution in [-0.4, -0.2) is 16.2 Å². The summed E-state index contributed by atoms with van der Waals surface area (Å²) in [6.07, 6.45) is 1.65. The van der Waals surface area contributed by atoms with Gasteiger partial charge < -0.3 is 15.2 Å². The summed E-state index contributed by atoms with van der Waals surface area (Å²) >= 11 is 6.03. The Kier molecular flexibility index (Phi) is 3.26. The van der Waals surface area contributed by atoms with Crippen LogP contribution in [0.1, 0.15) is 15.9 Å². The molecule has 0 bridgehead atoms. The number of rotatable bonds is 2. The molecule has 0 saturated carbocycles. The second-order valence-corrected chi connectivity index (χ2v) is 4.98. The van der Waals surface area contributed by atoms with Gasteiger partial charge in [-0.15, -0.1) is 0 Å². The van der Waals surface area contributed by atoms with Crippen LogP contribution in [0, 0.1) is 0 Å². The van der Waals surface area contributed by atoms with Gasteiger partial charge in [-0.05, 0) is 17.2 Å². The summed E-state index contributed by atoms with van der Waals surface area (Å²) in [4.78, 5) is 22.4. The van der Waals surface area contributed by atoms with Crippen molar-refractivity contribution >= 4 is 46.3 Å². The maximum Gasteiger partial charge on any atom is 0.263 e. The lowest BCUT2D eigenvalue weighted by atomic mass is 10.1. The van der Waals surface area contributed by atoms with E-state index in [1.807, 2.05) is 0 Å². The molecule has 17 heavy (non-hydrogen) atoms. The molecular formula is C11H6NO3S2-. The minimum atomic E-state index is -1.22. The molecule has 0 spiro atoms. The quantitative estimate of drug-likeness (QED) is 0.623. The number of benzene rings is 1. The molecule has 1 aromatic carbocycles. The summed E-state index contributed by atoms with van der Waals surface area (Å²) in [5.74, 6) is -1.46. The van der Waals surface area contributed by atoms with Crippen LogP contribution in [-0.2, 0) is 4.79 Å². The maximum atomic E-state index is 11.4. The van der Waals surface area contributed by atoms with Crippen molar-refractivity contribution in [2.24, 2.45) is 0 Å². The SMILES string of the molecule is O=C1NC(=S)S/C1=C/c1ccc(C(=O)[O-])cc1. The fraction of sp³-hybridized carbons (Fsp3) is 0. The predicted molar refractivity (Wildman–Crippen MR) is 67.1 cm³/mol. The monoisotopic (exact) mass is 264 g/mol. The van der Waals surface area contributed by atoms with Gasteiger partial charge in [0, 0.05) is 0 Å². The van der Waals surface area contributed by atoms with Gasteiger partial charge in [0.15, 0.2) is 0 Å². The van der Waals surface area contributed by atoms with E-state index in [4.69, 9.17) is 12.2 Å². The van der Waals surface area contributed by atoms with Crippen LogP contribution in [0.2, 0.25) is 0 Å². The zero-order valence-electron chi connectivity index (χ0n) is 8.43. The molecule has 86 valence electrons. The molecule has 1 heterocycles. The van der Waals surface area contributed by atoms with E-state index < -0.39 is 5.97 Å². The molecule has 1 saturated heterocycles. The number of carbonyl (C=O) groups is 2. The van der Waals surface area contributed by atoms with Crippen molar-refractivity contribution < 1.29 is 14.7 Å². The van der Waals surface area contributed by atoms with Crippen LogP contribution in [0.4, 0.5) is 0 Å². The number of hydrogen-bond donors (Lipinski definition) is 1. The third kappa shape index (κ3) is 2.72. The third-order valence-corrected chi connectivity index (χ3v) is 3.25. The summed E-state index contributed by atoms with van der Waals surface area (Å²) in [7, 11) is 0. The molecule has 1 aliphatic rings. The highest BCUT2D eigenvalue weighted by atomic mass is 32.2. The van der Waals surface area contributed by atoms with Crippen molar-refractivity contribution in [3.63, 3.8) is 0 Å². The van der Waals surface area contributed by atoms with Gasteiger partial charge in [0.25, 0.3) is 5.91 Å². The van der Waals surface area contributed by atoms with Crippen molar-refractivity contribution in [2.75, 3.05) is 0 Å². The highest BCUT2D eigenvalue weighted by Crippen LogP contribution is 2.25. The zero-order chi connectivity index (χ0) is 12.4. The van der Waals surface area contributed by atoms with E-state index in [9.17, 15) is 14.7 Å². The summed E-state index contributed by atoms with van der Waals surface area (Å²) in [5.41, 5.74) is 0.837. The summed E-state index contributed by atoms with van der Waals surface area (Å²) in [6.45, 7) is 0. The first kappa shape index (κ1) is 11.8. The van der Waals surface area contributed by atoms with Gasteiger partial charge in [-0.1, -0.05) is 48.2 Å². The normalized spacial score (nSPS) is 17.3. The molecule has 1 aromatic rings. The second-order valence-electron chi connectivity index (χ2n) is 3.26. The fourth-order valence-corrected chi connectivity index (χ4v) is 2.33. The highest BCUT2D eigenvalue weighted by Gasteiger charge is 2.21. The second kappa shape index (κ2) is 4.68. The van der Waals surface area contributed by atoms with E-state index in [1.54, 1.807) is 18.2 Å². The number of nitrogens with one attached hydrogen (secondary N) is 1. The lowest BCUT2D eigenvalue weighted by Gasteiger charge is -2.01. The Bertz CT molecular complexity index is 534. The van der Waals surface area contributed by atoms with E-state index in [-0.39, 0.29) is 11.5 Å². The molecule has 2 rings (SSSR count). The number of amides is 1. The molecule has 0 radical (unpaired) electrons. The number of thioether (sulfide) groups is 1. The lowest BCUT2D eigenvalue weighted by Crippen LogP contribution is -2.21. The third-order valence-electron chi connectivity index (χ3n) is 2.09. The van der Waals surface area contributed by atoms with E-state index in [2.05, 4.69) is 5.32 Å². The van der Waals surface area contributed by atoms with Crippen molar-refractivity contribution in [3.8, 4) is 0 Å². The van der Waals surface area contributed by atoms with Gasteiger partial charge in [0.2, 0.25) is 0 Å². The van der Waals surface area contributed by atoms with E-state index in [0.717, 1.165) is 5.56 Å². The average molecular weight is 264 g/mol. The largest absolute Gasteiger partial charge is 0.545 e. The molecule has 4 nitrogen and oxygen atoms in total. The van der Waals surface area contributed by atoms with Gasteiger partial charge >= 0.3 is 0 Å². The number of aromatic carboxylic acids is 1. The molecular weight excluding hydrogens is 258 g/mol. The first-order valence-electron chi connectivity index (χ1n) is 4.62. The molecule has 1 fully saturated rings. The first-order valence-corrected chi connectivity index (χ1v) is 5.85. The van der Waals surface area contributed by atoms with Gasteiger partial charge in [-0.25, -0.2) is 0 Å². The lowest BCUT2D eigenvalue weighted by molar-refractivity contribution is -0.255. The fourth-order valence-electron chi connectivity index (χ4n) is 1.29. The Morgan fingerprint density at radius 2 is 2.00 bits per heavy atom. The Hall–Kier alpha value is -1.66. The molecule has 0 unspecified atom stereocenters. The topological polar surface area (TPSA) is 69.2 Å². The van der Waals surface area contributed by atoms with Gasteiger partial charge in [-0.3, -0.25) is 4.79 Å². The number of carbonyl (C=O) groups excluding carboxylic acids is 2. The summed E-state index contributed by atoms with van der Waals surface area (Å²) in [5, 5.41) is 13.0. The molecule has 0 atom stereocenters. The molecule has 1 aliphatic heterocycles. The molecule has 6 heteroatoms. The van der Waals surface area contributed by atoms with Crippen molar-refractivity contribution in [1.82, 2.24) is 5.32 Å². The van der Waals surface area contributed by atoms with E-state index in [0.29, 0.717) is 9.23 Å². The van der Waals surface area contributed by atoms with Gasteiger partial charge in [0.05, 0.1) is 10.9 Å². The van der Waals surface area contributed by atoms with E-state index >= 15 is 0 Å². The molecule has 0 aromatic heterocycles. The van der Waals surface area contributed by atoms with Crippen molar-refractivity contribution in [3.05, 3.63) is 40.3 Å². The van der Waals surface area contributed by atoms with E-state index in [1.165, 1.54) is 23.9 Å². The molecule has 0 aliphatic carbocycles. The number of carboxylic acids is 1. The first-order chi connectivity index (χ1) is 8.06. The predicted octanol–water partition coefficient (Wildman–Crippen LogP) is 0.539. The van der Waals surface area contributed by atoms with Crippen LogP contribution in [0.5, 0.6) is 0 Å². The van der Waals surface area contributed by atoms with Crippen molar-refractivity contribution in [1.29, 1.82) is 0 Å². The van der Waals surface area contributed by atoms with Crippen LogP contribution in [0.25, 0.3) is 6.08 Å². The van der Waals surface area contributed by atoms with Gasteiger partial charge in [-0.2, -0.15) is 0 Å². The standard InChI is InChI=1S/C11H7NO3S2/c13-9-8(17-11(16)12-9)5-6-1-3-7(4-2-6)10(14)15/h1-5H,(H,14,15)(H,12,13,16)/p-1/b8-5+. The van der Waals surface area contributed by atoms with Crippen LogP contribution < -0.4 is 10.4 Å². The minimum absolute atomic E-state index is 0.103. The summed E-state index contributed by atoms with van der Waals surface area (Å²) in [6, 6.07) is 6.07. The Morgan fingerprint density at radius 1 is 1.35 bits per heavy atom. The number of carboxylic acid groups (broad SMARTS) is 1. The van der Waals surface area contributed by atoms with Crippen molar-refractivity contribution in [2.45, 2.75) is 0 Å². The minimum Gasteiger partial charge on any atom is -0.545 e. The molecule has 1 N–H and O–H groups in total.